The summed E-state index contributed by atoms with van der Waals surface area (Å²) in [7, 11) is 0. The molecule has 2 nitrogen and oxygen atoms in total. The molecule has 0 spiro atoms. The van der Waals surface area contributed by atoms with Crippen molar-refractivity contribution >= 4 is 6.08 Å². The van der Waals surface area contributed by atoms with Gasteiger partial charge >= 0.3 is 0 Å². The van der Waals surface area contributed by atoms with Gasteiger partial charge in [-0.2, -0.15) is 0 Å². The molecule has 0 fully saturated rings. The molecule has 1 atom stereocenters. The number of hydrogen-bond donors (Lipinski definition) is 0. The molecular formula is C16H26N2. The predicted molar refractivity (Wildman–Crippen MR) is 78.4 cm³/mol. The van der Waals surface area contributed by atoms with Crippen LogP contribution in [0.15, 0.2) is 12.3 Å². The zero-order valence-electron chi connectivity index (χ0n) is 12.4. The Hall–Kier alpha value is -1.18. The molecule has 18 heavy (non-hydrogen) atoms. The number of nitrogens with zero attached hydrogens (tertiary/aromatic N) is 2. The average Bonchev–Trinajstić information content (AvgIpc) is 2.34. The fraction of sp³-hybridized carbons (Fsp3) is 0.625. The molecule has 0 aliphatic rings. The van der Waals surface area contributed by atoms with Crippen LogP contribution in [0.5, 0.6) is 0 Å². The van der Waals surface area contributed by atoms with Crippen molar-refractivity contribution in [3.63, 3.8) is 0 Å². The lowest BCUT2D eigenvalue weighted by Gasteiger charge is -2.08. The van der Waals surface area contributed by atoms with E-state index < -0.39 is 0 Å². The fourth-order valence-corrected chi connectivity index (χ4v) is 1.68. The number of aromatic nitrogens is 2. The molecule has 100 valence electrons. The average molecular weight is 246 g/mol. The van der Waals surface area contributed by atoms with Crippen LogP contribution in [0.4, 0.5) is 0 Å². The van der Waals surface area contributed by atoms with Gasteiger partial charge in [-0.15, -0.1) is 0 Å². The summed E-state index contributed by atoms with van der Waals surface area (Å²) in [4.78, 5) is 9.15. The molecule has 0 radical (unpaired) electrons. The van der Waals surface area contributed by atoms with Gasteiger partial charge in [-0.05, 0) is 37.7 Å². The van der Waals surface area contributed by atoms with Gasteiger partial charge in [0, 0.05) is 6.20 Å². The molecule has 1 unspecified atom stereocenters. The first kappa shape index (κ1) is 14.9. The Morgan fingerprint density at radius 2 is 2.00 bits per heavy atom. The molecule has 1 heterocycles. The Morgan fingerprint density at radius 3 is 2.61 bits per heavy atom. The first-order chi connectivity index (χ1) is 8.52. The van der Waals surface area contributed by atoms with E-state index in [9.17, 15) is 0 Å². The van der Waals surface area contributed by atoms with Gasteiger partial charge in [0.15, 0.2) is 0 Å². The molecule has 0 aliphatic heterocycles. The van der Waals surface area contributed by atoms with Crippen LogP contribution in [0.3, 0.4) is 0 Å². The highest BCUT2D eigenvalue weighted by atomic mass is 14.8. The highest BCUT2D eigenvalue weighted by Crippen LogP contribution is 2.14. The summed E-state index contributed by atoms with van der Waals surface area (Å²) in [5.41, 5.74) is 3.19. The van der Waals surface area contributed by atoms with E-state index in [1.54, 1.807) is 0 Å². The standard InChI is InChI=1S/C16H26N2/c1-6-13(4)8-10-15-16(9-7-12(2)3)18-14(5)11-17-15/h8,10-13H,6-7,9H2,1-5H3/b10-8-. The highest BCUT2D eigenvalue weighted by Gasteiger charge is 2.05. The first-order valence-corrected chi connectivity index (χ1v) is 7.03. The summed E-state index contributed by atoms with van der Waals surface area (Å²) < 4.78 is 0. The zero-order chi connectivity index (χ0) is 13.5. The number of aryl methyl sites for hydroxylation is 2. The SMILES string of the molecule is CCC(C)/C=C\c1ncc(C)nc1CCC(C)C. The van der Waals surface area contributed by atoms with E-state index in [2.05, 4.69) is 49.8 Å². The molecule has 0 amide bonds. The third-order valence-electron chi connectivity index (χ3n) is 3.18. The van der Waals surface area contributed by atoms with Gasteiger partial charge < -0.3 is 0 Å². The van der Waals surface area contributed by atoms with Crippen LogP contribution in [0, 0.1) is 18.8 Å². The third kappa shape index (κ3) is 4.99. The van der Waals surface area contributed by atoms with E-state index in [0.717, 1.165) is 29.9 Å². The van der Waals surface area contributed by atoms with Crippen LogP contribution in [0.25, 0.3) is 6.08 Å². The van der Waals surface area contributed by atoms with Gasteiger partial charge in [0.1, 0.15) is 0 Å². The van der Waals surface area contributed by atoms with E-state index in [1.807, 2.05) is 13.1 Å². The summed E-state index contributed by atoms with van der Waals surface area (Å²) in [6, 6.07) is 0. The number of hydrogen-bond acceptors (Lipinski definition) is 2. The molecular weight excluding hydrogens is 220 g/mol. The minimum Gasteiger partial charge on any atom is -0.254 e. The lowest BCUT2D eigenvalue weighted by atomic mass is 10.0. The van der Waals surface area contributed by atoms with Gasteiger partial charge in [0.2, 0.25) is 0 Å². The minimum absolute atomic E-state index is 0.603. The second-order valence-electron chi connectivity index (χ2n) is 5.52. The number of allylic oxidation sites excluding steroid dienone is 1. The topological polar surface area (TPSA) is 25.8 Å². The van der Waals surface area contributed by atoms with E-state index in [1.165, 1.54) is 6.42 Å². The van der Waals surface area contributed by atoms with Gasteiger partial charge in [0.25, 0.3) is 0 Å². The summed E-state index contributed by atoms with van der Waals surface area (Å²) in [6.07, 6.45) is 9.58. The van der Waals surface area contributed by atoms with Crippen LogP contribution < -0.4 is 0 Å². The van der Waals surface area contributed by atoms with Gasteiger partial charge in [-0.3, -0.25) is 9.97 Å². The van der Waals surface area contributed by atoms with Crippen molar-refractivity contribution in [2.24, 2.45) is 11.8 Å². The maximum Gasteiger partial charge on any atom is 0.0842 e. The molecule has 0 aromatic carbocycles. The fourth-order valence-electron chi connectivity index (χ4n) is 1.68. The molecule has 0 saturated carbocycles. The predicted octanol–water partition coefficient (Wildman–Crippen LogP) is 4.43. The molecule has 1 aromatic rings. The molecule has 1 rings (SSSR count). The highest BCUT2D eigenvalue weighted by molar-refractivity contribution is 5.47. The monoisotopic (exact) mass is 246 g/mol. The van der Waals surface area contributed by atoms with Crippen molar-refractivity contribution in [2.45, 2.75) is 53.9 Å². The van der Waals surface area contributed by atoms with Crippen LogP contribution in [-0.2, 0) is 6.42 Å². The Balaban J connectivity index is 2.85. The third-order valence-corrected chi connectivity index (χ3v) is 3.18. The molecule has 0 aliphatic carbocycles. The van der Waals surface area contributed by atoms with Gasteiger partial charge in [-0.1, -0.05) is 40.2 Å². The Kier molecular flexibility index (Phi) is 6.03. The smallest absolute Gasteiger partial charge is 0.0842 e. The molecule has 1 aromatic heterocycles. The summed E-state index contributed by atoms with van der Waals surface area (Å²) in [5.74, 6) is 1.31. The summed E-state index contributed by atoms with van der Waals surface area (Å²) in [5, 5.41) is 0. The van der Waals surface area contributed by atoms with Crippen molar-refractivity contribution in [3.8, 4) is 0 Å². The van der Waals surface area contributed by atoms with Gasteiger partial charge in [0.05, 0.1) is 17.1 Å². The van der Waals surface area contributed by atoms with Crippen LogP contribution in [0.2, 0.25) is 0 Å². The Morgan fingerprint density at radius 1 is 1.28 bits per heavy atom. The van der Waals surface area contributed by atoms with Crippen molar-refractivity contribution in [2.75, 3.05) is 0 Å². The summed E-state index contributed by atoms with van der Waals surface area (Å²) in [6.45, 7) is 10.9. The van der Waals surface area contributed by atoms with Crippen LogP contribution in [-0.4, -0.2) is 9.97 Å². The maximum absolute atomic E-state index is 4.64. The van der Waals surface area contributed by atoms with E-state index in [4.69, 9.17) is 0 Å². The second kappa shape index (κ2) is 7.30. The molecule has 0 bridgehead atoms. The van der Waals surface area contributed by atoms with Gasteiger partial charge in [-0.25, -0.2) is 0 Å². The van der Waals surface area contributed by atoms with Crippen LogP contribution in [0.1, 0.15) is 57.6 Å². The van der Waals surface area contributed by atoms with Crippen molar-refractivity contribution < 1.29 is 0 Å². The lowest BCUT2D eigenvalue weighted by molar-refractivity contribution is 0.579. The van der Waals surface area contributed by atoms with E-state index >= 15 is 0 Å². The maximum atomic E-state index is 4.64. The minimum atomic E-state index is 0.603. The Labute approximate surface area is 112 Å². The zero-order valence-corrected chi connectivity index (χ0v) is 12.4. The lowest BCUT2D eigenvalue weighted by Crippen LogP contribution is -2.02. The van der Waals surface area contributed by atoms with Crippen molar-refractivity contribution in [1.82, 2.24) is 9.97 Å². The molecule has 0 N–H and O–H groups in total. The second-order valence-corrected chi connectivity index (χ2v) is 5.52. The normalized spacial score (nSPS) is 13.4. The first-order valence-electron chi connectivity index (χ1n) is 7.03. The largest absolute Gasteiger partial charge is 0.254 e. The molecule has 0 saturated heterocycles. The van der Waals surface area contributed by atoms with E-state index in [-0.39, 0.29) is 0 Å². The van der Waals surface area contributed by atoms with Crippen molar-refractivity contribution in [1.29, 1.82) is 0 Å². The van der Waals surface area contributed by atoms with Crippen LogP contribution >= 0.6 is 0 Å². The number of rotatable bonds is 6. The summed E-state index contributed by atoms with van der Waals surface area (Å²) >= 11 is 0. The van der Waals surface area contributed by atoms with E-state index in [0.29, 0.717) is 11.8 Å². The quantitative estimate of drug-likeness (QED) is 0.742. The molecule has 2 heteroatoms. The Bertz CT molecular complexity index is 394. The van der Waals surface area contributed by atoms with Crippen molar-refractivity contribution in [3.05, 3.63) is 29.4 Å².